The molecule has 12 heavy (non-hydrogen) atoms. The van der Waals surface area contributed by atoms with Gasteiger partial charge in [-0.3, -0.25) is 0 Å². The Hall–Kier alpha value is -1.32. The minimum atomic E-state index is 0.900. The summed E-state index contributed by atoms with van der Waals surface area (Å²) in [5.74, 6) is 1.85. The van der Waals surface area contributed by atoms with Crippen LogP contribution in [-0.4, -0.2) is 30.1 Å². The monoisotopic (exact) mass is 164 g/mol. The first-order valence-electron chi connectivity index (χ1n) is 4.14. The SMILES string of the molecule is CN1CCCNc2nccnc21. The van der Waals surface area contributed by atoms with Crippen molar-refractivity contribution >= 4 is 11.6 Å². The lowest BCUT2D eigenvalue weighted by Gasteiger charge is -2.15. The van der Waals surface area contributed by atoms with Crippen molar-refractivity contribution in [2.24, 2.45) is 0 Å². The molecule has 1 aliphatic rings. The van der Waals surface area contributed by atoms with Crippen LogP contribution < -0.4 is 10.2 Å². The quantitative estimate of drug-likeness (QED) is 0.613. The molecule has 1 aromatic rings. The van der Waals surface area contributed by atoms with Gasteiger partial charge in [0.05, 0.1) is 0 Å². The van der Waals surface area contributed by atoms with Crippen molar-refractivity contribution in [3.63, 3.8) is 0 Å². The smallest absolute Gasteiger partial charge is 0.171 e. The van der Waals surface area contributed by atoms with Crippen molar-refractivity contribution in [1.29, 1.82) is 0 Å². The molecule has 0 amide bonds. The lowest BCUT2D eigenvalue weighted by atomic mass is 10.4. The fourth-order valence-corrected chi connectivity index (χ4v) is 1.36. The number of hydrogen-bond donors (Lipinski definition) is 1. The second-order valence-corrected chi connectivity index (χ2v) is 2.93. The van der Waals surface area contributed by atoms with Crippen molar-refractivity contribution in [2.45, 2.75) is 6.42 Å². The van der Waals surface area contributed by atoms with Gasteiger partial charge in [0.15, 0.2) is 11.6 Å². The minimum absolute atomic E-state index is 0.900. The van der Waals surface area contributed by atoms with Crippen LogP contribution in [0.2, 0.25) is 0 Å². The summed E-state index contributed by atoms with van der Waals surface area (Å²) in [6, 6.07) is 0. The number of rotatable bonds is 0. The van der Waals surface area contributed by atoms with Crippen LogP contribution in [0.15, 0.2) is 12.4 Å². The maximum absolute atomic E-state index is 4.26. The Labute approximate surface area is 71.6 Å². The molecule has 64 valence electrons. The largest absolute Gasteiger partial charge is 0.367 e. The van der Waals surface area contributed by atoms with E-state index in [1.165, 1.54) is 0 Å². The molecule has 1 N–H and O–H groups in total. The third-order valence-electron chi connectivity index (χ3n) is 2.00. The van der Waals surface area contributed by atoms with E-state index in [-0.39, 0.29) is 0 Å². The van der Waals surface area contributed by atoms with Crippen LogP contribution in [0, 0.1) is 0 Å². The summed E-state index contributed by atoms with van der Waals surface area (Å²) < 4.78 is 0. The van der Waals surface area contributed by atoms with Crippen molar-refractivity contribution in [2.75, 3.05) is 30.4 Å². The van der Waals surface area contributed by atoms with Gasteiger partial charge in [0.25, 0.3) is 0 Å². The molecule has 2 heterocycles. The van der Waals surface area contributed by atoms with E-state index >= 15 is 0 Å². The first kappa shape index (κ1) is 7.34. The molecule has 0 saturated heterocycles. The molecule has 0 atom stereocenters. The number of fused-ring (bicyclic) bond motifs is 1. The van der Waals surface area contributed by atoms with Gasteiger partial charge in [-0.1, -0.05) is 0 Å². The predicted molar refractivity (Wildman–Crippen MR) is 48.4 cm³/mol. The minimum Gasteiger partial charge on any atom is -0.367 e. The Kier molecular flexibility index (Phi) is 1.81. The van der Waals surface area contributed by atoms with E-state index in [1.807, 2.05) is 7.05 Å². The molecule has 2 rings (SSSR count). The van der Waals surface area contributed by atoms with Crippen LogP contribution in [0.1, 0.15) is 6.42 Å². The normalized spacial score (nSPS) is 16.2. The zero-order chi connectivity index (χ0) is 8.39. The van der Waals surface area contributed by atoms with E-state index in [0.717, 1.165) is 31.1 Å². The first-order valence-corrected chi connectivity index (χ1v) is 4.14. The molecule has 0 saturated carbocycles. The molecule has 0 aromatic carbocycles. The Bertz CT molecular complexity index is 274. The van der Waals surface area contributed by atoms with Crippen LogP contribution in [-0.2, 0) is 0 Å². The molecule has 0 fully saturated rings. The molecular weight excluding hydrogens is 152 g/mol. The zero-order valence-corrected chi connectivity index (χ0v) is 7.12. The molecule has 4 heteroatoms. The molecule has 1 aliphatic heterocycles. The van der Waals surface area contributed by atoms with Gasteiger partial charge in [0.1, 0.15) is 0 Å². The Morgan fingerprint density at radius 3 is 3.17 bits per heavy atom. The predicted octanol–water partition coefficient (Wildman–Crippen LogP) is 0.728. The number of nitrogens with zero attached hydrogens (tertiary/aromatic N) is 3. The molecule has 0 unspecified atom stereocenters. The number of nitrogens with one attached hydrogen (secondary N) is 1. The highest BCUT2D eigenvalue weighted by Gasteiger charge is 2.12. The van der Waals surface area contributed by atoms with Crippen molar-refractivity contribution in [3.8, 4) is 0 Å². The van der Waals surface area contributed by atoms with Gasteiger partial charge >= 0.3 is 0 Å². The van der Waals surface area contributed by atoms with E-state index in [1.54, 1.807) is 12.4 Å². The van der Waals surface area contributed by atoms with Crippen LogP contribution >= 0.6 is 0 Å². The summed E-state index contributed by atoms with van der Waals surface area (Å²) in [7, 11) is 2.04. The second-order valence-electron chi connectivity index (χ2n) is 2.93. The van der Waals surface area contributed by atoms with Crippen LogP contribution in [0.25, 0.3) is 0 Å². The highest BCUT2D eigenvalue weighted by molar-refractivity contribution is 5.60. The summed E-state index contributed by atoms with van der Waals surface area (Å²) in [4.78, 5) is 10.6. The number of anilines is 2. The molecule has 1 aromatic heterocycles. The van der Waals surface area contributed by atoms with Gasteiger partial charge in [-0.2, -0.15) is 0 Å². The summed E-state index contributed by atoms with van der Waals surface area (Å²) >= 11 is 0. The average Bonchev–Trinajstić information content (AvgIpc) is 2.29. The van der Waals surface area contributed by atoms with Crippen LogP contribution in [0.3, 0.4) is 0 Å². The summed E-state index contributed by atoms with van der Waals surface area (Å²) in [6.07, 6.45) is 4.57. The van der Waals surface area contributed by atoms with Crippen molar-refractivity contribution < 1.29 is 0 Å². The van der Waals surface area contributed by atoms with E-state index in [4.69, 9.17) is 0 Å². The van der Waals surface area contributed by atoms with E-state index in [0.29, 0.717) is 0 Å². The summed E-state index contributed by atoms with van der Waals surface area (Å²) in [5, 5.41) is 3.24. The number of hydrogen-bond acceptors (Lipinski definition) is 4. The number of aromatic nitrogens is 2. The van der Waals surface area contributed by atoms with Crippen LogP contribution in [0.5, 0.6) is 0 Å². The average molecular weight is 164 g/mol. The van der Waals surface area contributed by atoms with Crippen molar-refractivity contribution in [3.05, 3.63) is 12.4 Å². The van der Waals surface area contributed by atoms with Crippen LogP contribution in [0.4, 0.5) is 11.6 Å². The summed E-state index contributed by atoms with van der Waals surface area (Å²) in [6.45, 7) is 2.02. The maximum Gasteiger partial charge on any atom is 0.171 e. The lowest BCUT2D eigenvalue weighted by molar-refractivity contribution is 0.829. The lowest BCUT2D eigenvalue weighted by Crippen LogP contribution is -2.18. The van der Waals surface area contributed by atoms with E-state index in [9.17, 15) is 0 Å². The van der Waals surface area contributed by atoms with Gasteiger partial charge in [-0.25, -0.2) is 9.97 Å². The van der Waals surface area contributed by atoms with Gasteiger partial charge in [-0.15, -0.1) is 0 Å². The highest BCUT2D eigenvalue weighted by atomic mass is 15.2. The molecule has 0 spiro atoms. The standard InChI is InChI=1S/C8H12N4/c1-12-6-2-3-9-7-8(12)11-5-4-10-7/h4-5H,2-3,6H2,1H3,(H,9,10). The van der Waals surface area contributed by atoms with Crippen molar-refractivity contribution in [1.82, 2.24) is 9.97 Å². The fourth-order valence-electron chi connectivity index (χ4n) is 1.36. The second kappa shape index (κ2) is 2.97. The first-order chi connectivity index (χ1) is 5.88. The highest BCUT2D eigenvalue weighted by Crippen LogP contribution is 2.20. The maximum atomic E-state index is 4.26. The Morgan fingerprint density at radius 2 is 2.25 bits per heavy atom. The van der Waals surface area contributed by atoms with E-state index in [2.05, 4.69) is 20.2 Å². The van der Waals surface area contributed by atoms with Gasteiger partial charge in [0.2, 0.25) is 0 Å². The molecule has 0 radical (unpaired) electrons. The molecule has 0 aliphatic carbocycles. The third-order valence-corrected chi connectivity index (χ3v) is 2.00. The third kappa shape index (κ3) is 1.20. The van der Waals surface area contributed by atoms with Gasteiger partial charge in [-0.05, 0) is 6.42 Å². The topological polar surface area (TPSA) is 41.0 Å². The Morgan fingerprint density at radius 1 is 1.42 bits per heavy atom. The van der Waals surface area contributed by atoms with E-state index < -0.39 is 0 Å². The zero-order valence-electron chi connectivity index (χ0n) is 7.12. The summed E-state index contributed by atoms with van der Waals surface area (Å²) in [5.41, 5.74) is 0. The fraction of sp³-hybridized carbons (Fsp3) is 0.500. The Balaban J connectivity index is 2.39. The molecular formula is C8H12N4. The van der Waals surface area contributed by atoms with Gasteiger partial charge in [0, 0.05) is 32.5 Å². The molecule has 4 nitrogen and oxygen atoms in total. The molecule has 0 bridgehead atoms. The van der Waals surface area contributed by atoms with Gasteiger partial charge < -0.3 is 10.2 Å².